The lowest BCUT2D eigenvalue weighted by Gasteiger charge is -2.44. The van der Waals surface area contributed by atoms with Gasteiger partial charge < -0.3 is 19.8 Å². The Kier molecular flexibility index (Phi) is 7.57. The fourth-order valence-electron chi connectivity index (χ4n) is 5.75. The summed E-state index contributed by atoms with van der Waals surface area (Å²) in [5.74, 6) is -2.09. The molecule has 5 rings (SSSR count). The predicted octanol–water partition coefficient (Wildman–Crippen LogP) is 5.51. The number of allylic oxidation sites excluding steroid dienone is 4. The van der Waals surface area contributed by atoms with Crippen molar-refractivity contribution in [2.75, 3.05) is 6.54 Å². The summed E-state index contributed by atoms with van der Waals surface area (Å²) in [6, 6.07) is 11.7. The number of benzene rings is 2. The number of carbonyl (C=O) groups excluding carboxylic acids is 2. The van der Waals surface area contributed by atoms with E-state index in [2.05, 4.69) is 0 Å². The maximum atomic E-state index is 13.3. The number of rotatable bonds is 8. The molecule has 0 spiro atoms. The van der Waals surface area contributed by atoms with E-state index in [1.54, 1.807) is 24.3 Å². The van der Waals surface area contributed by atoms with Gasteiger partial charge in [-0.05, 0) is 61.1 Å². The molecular formula is C30H28ClNO7. The topological polar surface area (TPSA) is 121 Å². The summed E-state index contributed by atoms with van der Waals surface area (Å²) in [5, 5.41) is 18.7. The molecule has 8 nitrogen and oxygen atoms in total. The molecule has 1 aliphatic heterocycles. The second-order valence-electron chi connectivity index (χ2n) is 9.98. The molecule has 0 fully saturated rings. The van der Waals surface area contributed by atoms with Crippen LogP contribution < -0.4 is 4.74 Å². The van der Waals surface area contributed by atoms with Gasteiger partial charge in [0, 0.05) is 47.8 Å². The van der Waals surface area contributed by atoms with Crippen molar-refractivity contribution in [1.29, 1.82) is 0 Å². The van der Waals surface area contributed by atoms with Gasteiger partial charge in [0.05, 0.1) is 17.0 Å². The summed E-state index contributed by atoms with van der Waals surface area (Å²) in [6.07, 6.45) is 3.35. The number of carboxylic acids is 2. The van der Waals surface area contributed by atoms with Crippen molar-refractivity contribution in [2.45, 2.75) is 57.5 Å². The Balaban J connectivity index is 1.48. The SMILES string of the molecule is O=C(O)CCN1C2=C(C(=O)CCC2)C(c2ccc(OCc3ccc(C(=O)O)cc3)c(Cl)c2)C2=C1CCCC2=O. The first-order chi connectivity index (χ1) is 18.7. The molecule has 0 amide bonds. The minimum atomic E-state index is -1.00. The molecule has 2 aromatic rings. The molecule has 2 N–H and O–H groups in total. The molecule has 0 aromatic heterocycles. The monoisotopic (exact) mass is 549 g/mol. The summed E-state index contributed by atoms with van der Waals surface area (Å²) in [4.78, 5) is 51.0. The van der Waals surface area contributed by atoms with Crippen LogP contribution in [0, 0.1) is 0 Å². The minimum absolute atomic E-state index is 0.0206. The van der Waals surface area contributed by atoms with E-state index in [9.17, 15) is 24.3 Å². The molecule has 0 unspecified atom stereocenters. The highest BCUT2D eigenvalue weighted by Gasteiger charge is 2.43. The number of ketones is 2. The third-order valence-corrected chi connectivity index (χ3v) is 7.82. The van der Waals surface area contributed by atoms with Crippen molar-refractivity contribution in [2.24, 2.45) is 0 Å². The van der Waals surface area contributed by atoms with Crippen LogP contribution in [0.2, 0.25) is 5.02 Å². The molecule has 0 atom stereocenters. The van der Waals surface area contributed by atoms with E-state index in [1.807, 2.05) is 11.0 Å². The van der Waals surface area contributed by atoms with Crippen LogP contribution in [0.25, 0.3) is 0 Å². The normalized spacial score (nSPS) is 17.7. The number of ether oxygens (including phenoxy) is 1. The van der Waals surface area contributed by atoms with Crippen molar-refractivity contribution in [1.82, 2.24) is 4.90 Å². The number of halogens is 1. The van der Waals surface area contributed by atoms with E-state index < -0.39 is 17.9 Å². The van der Waals surface area contributed by atoms with Crippen LogP contribution in [-0.2, 0) is 21.0 Å². The van der Waals surface area contributed by atoms with Crippen molar-refractivity contribution < 1.29 is 34.1 Å². The Morgan fingerprint density at radius 2 is 1.51 bits per heavy atom. The molecule has 39 heavy (non-hydrogen) atoms. The van der Waals surface area contributed by atoms with E-state index in [0.29, 0.717) is 60.4 Å². The van der Waals surface area contributed by atoms with E-state index in [0.717, 1.165) is 22.5 Å². The zero-order valence-corrected chi connectivity index (χ0v) is 22.0. The largest absolute Gasteiger partial charge is 0.487 e. The first-order valence-electron chi connectivity index (χ1n) is 13.0. The van der Waals surface area contributed by atoms with Crippen LogP contribution >= 0.6 is 11.6 Å². The second-order valence-corrected chi connectivity index (χ2v) is 10.4. The molecule has 0 saturated carbocycles. The molecule has 9 heteroatoms. The molecule has 3 aliphatic rings. The molecule has 2 aliphatic carbocycles. The lowest BCUT2D eigenvalue weighted by molar-refractivity contribution is -0.137. The van der Waals surface area contributed by atoms with Crippen LogP contribution in [0.3, 0.4) is 0 Å². The fourth-order valence-corrected chi connectivity index (χ4v) is 5.99. The summed E-state index contributed by atoms with van der Waals surface area (Å²) < 4.78 is 5.89. The summed E-state index contributed by atoms with van der Waals surface area (Å²) in [5.41, 5.74) is 4.49. The average Bonchev–Trinajstić information content (AvgIpc) is 2.91. The first-order valence-corrected chi connectivity index (χ1v) is 13.4. The van der Waals surface area contributed by atoms with Crippen LogP contribution in [0.1, 0.15) is 72.3 Å². The molecule has 1 heterocycles. The smallest absolute Gasteiger partial charge is 0.335 e. The molecular weight excluding hydrogens is 522 g/mol. The lowest BCUT2D eigenvalue weighted by atomic mass is 9.71. The highest BCUT2D eigenvalue weighted by Crippen LogP contribution is 2.49. The van der Waals surface area contributed by atoms with Crippen LogP contribution in [-0.4, -0.2) is 45.2 Å². The maximum absolute atomic E-state index is 13.3. The number of hydrogen-bond acceptors (Lipinski definition) is 6. The van der Waals surface area contributed by atoms with Crippen molar-refractivity contribution >= 4 is 35.1 Å². The van der Waals surface area contributed by atoms with Crippen molar-refractivity contribution in [3.05, 3.63) is 86.7 Å². The molecule has 0 saturated heterocycles. The number of aliphatic carboxylic acids is 1. The third-order valence-electron chi connectivity index (χ3n) is 7.52. The number of Topliss-reactive ketones (excluding diaryl/α,β-unsaturated/α-hetero) is 2. The predicted molar refractivity (Wildman–Crippen MR) is 143 cm³/mol. The molecule has 202 valence electrons. The van der Waals surface area contributed by atoms with Gasteiger partial charge in [-0.25, -0.2) is 4.79 Å². The van der Waals surface area contributed by atoms with Crippen molar-refractivity contribution in [3.63, 3.8) is 0 Å². The Morgan fingerprint density at radius 3 is 2.05 bits per heavy atom. The fraction of sp³-hybridized carbons (Fsp3) is 0.333. The lowest BCUT2D eigenvalue weighted by Crippen LogP contribution is -2.39. The van der Waals surface area contributed by atoms with E-state index >= 15 is 0 Å². The molecule has 0 bridgehead atoms. The van der Waals surface area contributed by atoms with E-state index in [-0.39, 0.29) is 36.7 Å². The van der Waals surface area contributed by atoms with Gasteiger partial charge in [0.15, 0.2) is 11.6 Å². The Morgan fingerprint density at radius 1 is 0.897 bits per heavy atom. The standard InChI is InChI=1S/C30H28ClNO7/c31-20-15-19(11-12-25(20)39-16-17-7-9-18(10-8-17)30(37)38)27-28-21(3-1-5-23(28)33)32(14-13-26(35)36)22-4-2-6-24(34)29(22)27/h7-12,15,27H,1-6,13-14,16H2,(H,35,36)(H,37,38). The number of carbonyl (C=O) groups is 4. The quantitative estimate of drug-likeness (QED) is 0.442. The summed E-state index contributed by atoms with van der Waals surface area (Å²) >= 11 is 6.64. The van der Waals surface area contributed by atoms with Gasteiger partial charge in [-0.2, -0.15) is 0 Å². The molecule has 0 radical (unpaired) electrons. The Labute approximate surface area is 230 Å². The summed E-state index contributed by atoms with van der Waals surface area (Å²) in [7, 11) is 0. The average molecular weight is 550 g/mol. The van der Waals surface area contributed by atoms with Gasteiger partial charge in [0.1, 0.15) is 12.4 Å². The highest BCUT2D eigenvalue weighted by molar-refractivity contribution is 6.32. The maximum Gasteiger partial charge on any atom is 0.335 e. The highest BCUT2D eigenvalue weighted by atomic mass is 35.5. The van der Waals surface area contributed by atoms with E-state index in [1.165, 1.54) is 12.1 Å². The summed E-state index contributed by atoms with van der Waals surface area (Å²) in [6.45, 7) is 0.407. The van der Waals surface area contributed by atoms with Gasteiger partial charge in [0.2, 0.25) is 0 Å². The third kappa shape index (κ3) is 5.34. The van der Waals surface area contributed by atoms with Crippen LogP contribution in [0.5, 0.6) is 5.75 Å². The van der Waals surface area contributed by atoms with Gasteiger partial charge in [-0.3, -0.25) is 14.4 Å². The van der Waals surface area contributed by atoms with Crippen LogP contribution in [0.15, 0.2) is 65.0 Å². The van der Waals surface area contributed by atoms with Crippen LogP contribution in [0.4, 0.5) is 0 Å². The molecule has 2 aromatic carbocycles. The number of carboxylic acid groups (broad SMARTS) is 2. The Hall–Kier alpha value is -3.91. The number of nitrogens with zero attached hydrogens (tertiary/aromatic N) is 1. The van der Waals surface area contributed by atoms with Crippen molar-refractivity contribution in [3.8, 4) is 5.75 Å². The number of hydrogen-bond donors (Lipinski definition) is 2. The number of aromatic carboxylic acids is 1. The van der Waals surface area contributed by atoms with Gasteiger partial charge in [-0.15, -0.1) is 0 Å². The zero-order valence-electron chi connectivity index (χ0n) is 21.2. The zero-order chi connectivity index (χ0) is 27.7. The van der Waals surface area contributed by atoms with E-state index in [4.69, 9.17) is 21.4 Å². The second kappa shape index (κ2) is 11.1. The first kappa shape index (κ1) is 26.7. The minimum Gasteiger partial charge on any atom is -0.487 e. The Bertz CT molecular complexity index is 1380. The van der Waals surface area contributed by atoms with Gasteiger partial charge in [-0.1, -0.05) is 29.8 Å². The van der Waals surface area contributed by atoms with Gasteiger partial charge >= 0.3 is 11.9 Å². The van der Waals surface area contributed by atoms with Gasteiger partial charge in [0.25, 0.3) is 0 Å².